The van der Waals surface area contributed by atoms with E-state index in [1.54, 1.807) is 0 Å². The highest BCUT2D eigenvalue weighted by Gasteiger charge is 2.20. The maximum absolute atomic E-state index is 13.5. The van der Waals surface area contributed by atoms with Crippen LogP contribution < -0.4 is 5.32 Å². The molecular formula is C13H14F2N4. The van der Waals surface area contributed by atoms with E-state index < -0.39 is 11.6 Å². The minimum absolute atomic E-state index is 0.181. The molecule has 1 aromatic carbocycles. The Labute approximate surface area is 109 Å². The first-order valence-electron chi connectivity index (χ1n) is 6.26. The summed E-state index contributed by atoms with van der Waals surface area (Å²) in [7, 11) is 0. The maximum atomic E-state index is 13.5. The van der Waals surface area contributed by atoms with Crippen LogP contribution in [0.25, 0.3) is 0 Å². The van der Waals surface area contributed by atoms with Crippen molar-refractivity contribution in [3.8, 4) is 0 Å². The zero-order chi connectivity index (χ0) is 13.2. The van der Waals surface area contributed by atoms with E-state index in [0.717, 1.165) is 12.1 Å². The quantitative estimate of drug-likeness (QED) is 0.896. The predicted octanol–water partition coefficient (Wildman–Crippen LogP) is 1.86. The van der Waals surface area contributed by atoms with Gasteiger partial charge in [-0.15, -0.1) is 0 Å². The van der Waals surface area contributed by atoms with E-state index in [9.17, 15) is 8.78 Å². The van der Waals surface area contributed by atoms with Crippen molar-refractivity contribution < 1.29 is 8.78 Å². The summed E-state index contributed by atoms with van der Waals surface area (Å²) in [5.74, 6) is -0.217. The summed E-state index contributed by atoms with van der Waals surface area (Å²) in [4.78, 5) is 4.14. The molecule has 19 heavy (non-hydrogen) atoms. The third-order valence-corrected chi connectivity index (χ3v) is 3.05. The molecule has 0 radical (unpaired) electrons. The van der Waals surface area contributed by atoms with Crippen molar-refractivity contribution in [2.75, 3.05) is 0 Å². The summed E-state index contributed by atoms with van der Waals surface area (Å²) in [5.41, 5.74) is 0.270. The summed E-state index contributed by atoms with van der Waals surface area (Å²) in [6.07, 6.45) is 3.94. The average Bonchev–Trinajstić information content (AvgIpc) is 3.12. The Bertz CT molecular complexity index is 578. The van der Waals surface area contributed by atoms with Crippen molar-refractivity contribution in [1.82, 2.24) is 20.1 Å². The second kappa shape index (κ2) is 5.05. The van der Waals surface area contributed by atoms with Gasteiger partial charge in [-0.05, 0) is 31.0 Å². The maximum Gasteiger partial charge on any atom is 0.164 e. The number of nitrogens with one attached hydrogen (secondary N) is 1. The lowest BCUT2D eigenvalue weighted by molar-refractivity contribution is 0.562. The number of hydrogen-bond donors (Lipinski definition) is 1. The lowest BCUT2D eigenvalue weighted by Gasteiger charge is -2.03. The Balaban J connectivity index is 1.66. The van der Waals surface area contributed by atoms with Crippen molar-refractivity contribution in [2.45, 2.75) is 32.0 Å². The molecule has 3 rings (SSSR count). The molecule has 2 aromatic rings. The molecule has 1 N–H and O–H groups in total. The van der Waals surface area contributed by atoms with Crippen LogP contribution in [0.3, 0.4) is 0 Å². The van der Waals surface area contributed by atoms with Gasteiger partial charge in [0.1, 0.15) is 18.0 Å². The van der Waals surface area contributed by atoms with Crippen LogP contribution in [-0.2, 0) is 13.1 Å². The molecule has 1 aliphatic carbocycles. The van der Waals surface area contributed by atoms with E-state index >= 15 is 0 Å². The van der Waals surface area contributed by atoms with Crippen LogP contribution in [0.4, 0.5) is 8.78 Å². The highest BCUT2D eigenvalue weighted by atomic mass is 19.1. The molecule has 0 saturated heterocycles. The predicted molar refractivity (Wildman–Crippen MR) is 65.3 cm³/mol. The fraction of sp³-hybridized carbons (Fsp3) is 0.385. The molecule has 1 aliphatic rings. The van der Waals surface area contributed by atoms with Crippen LogP contribution in [0.15, 0.2) is 24.5 Å². The van der Waals surface area contributed by atoms with Gasteiger partial charge >= 0.3 is 0 Å². The minimum atomic E-state index is -0.452. The fourth-order valence-electron chi connectivity index (χ4n) is 1.85. The molecule has 4 nitrogen and oxygen atoms in total. The van der Waals surface area contributed by atoms with Gasteiger partial charge in [-0.1, -0.05) is 0 Å². The van der Waals surface area contributed by atoms with Gasteiger partial charge in [0, 0.05) is 11.6 Å². The number of rotatable bonds is 5. The van der Waals surface area contributed by atoms with E-state index in [2.05, 4.69) is 15.4 Å². The van der Waals surface area contributed by atoms with Gasteiger partial charge < -0.3 is 5.32 Å². The molecule has 1 heterocycles. The molecule has 0 amide bonds. The lowest BCUT2D eigenvalue weighted by atomic mass is 10.2. The molecule has 1 saturated carbocycles. The Morgan fingerprint density at radius 2 is 2.16 bits per heavy atom. The first kappa shape index (κ1) is 12.2. The largest absolute Gasteiger partial charge is 0.307 e. The summed E-state index contributed by atoms with van der Waals surface area (Å²) in [6.45, 7) is 0.795. The van der Waals surface area contributed by atoms with Gasteiger partial charge in [0.05, 0.1) is 13.1 Å². The van der Waals surface area contributed by atoms with Gasteiger partial charge in [0.25, 0.3) is 0 Å². The summed E-state index contributed by atoms with van der Waals surface area (Å²) >= 11 is 0. The number of nitrogens with zero attached hydrogens (tertiary/aromatic N) is 3. The molecule has 0 unspecified atom stereocenters. The van der Waals surface area contributed by atoms with E-state index in [1.165, 1.54) is 29.9 Å². The topological polar surface area (TPSA) is 42.7 Å². The van der Waals surface area contributed by atoms with Crippen LogP contribution in [0.1, 0.15) is 24.2 Å². The SMILES string of the molecule is Fc1ccc(F)c(Cn2cnc(CNC3CC3)n2)c1. The zero-order valence-electron chi connectivity index (χ0n) is 10.3. The van der Waals surface area contributed by atoms with Gasteiger partial charge in [0.15, 0.2) is 5.82 Å². The zero-order valence-corrected chi connectivity index (χ0v) is 10.3. The Kier molecular flexibility index (Phi) is 3.25. The molecule has 100 valence electrons. The van der Waals surface area contributed by atoms with Gasteiger partial charge in [0.2, 0.25) is 0 Å². The Morgan fingerprint density at radius 1 is 1.32 bits per heavy atom. The third-order valence-electron chi connectivity index (χ3n) is 3.05. The van der Waals surface area contributed by atoms with E-state index in [-0.39, 0.29) is 12.1 Å². The van der Waals surface area contributed by atoms with Crippen LogP contribution in [0.2, 0.25) is 0 Å². The molecule has 0 aliphatic heterocycles. The number of aromatic nitrogens is 3. The number of halogens is 2. The van der Waals surface area contributed by atoms with E-state index in [1.807, 2.05) is 0 Å². The second-order valence-corrected chi connectivity index (χ2v) is 4.75. The highest BCUT2D eigenvalue weighted by molar-refractivity contribution is 5.18. The highest BCUT2D eigenvalue weighted by Crippen LogP contribution is 2.18. The lowest BCUT2D eigenvalue weighted by Crippen LogP contribution is -2.16. The van der Waals surface area contributed by atoms with Crippen LogP contribution in [-0.4, -0.2) is 20.8 Å². The van der Waals surface area contributed by atoms with Crippen LogP contribution >= 0.6 is 0 Å². The summed E-state index contributed by atoms with van der Waals surface area (Å²) < 4.78 is 28.0. The molecular weight excluding hydrogens is 250 g/mol. The van der Waals surface area contributed by atoms with Crippen molar-refractivity contribution >= 4 is 0 Å². The normalized spacial score (nSPS) is 14.8. The first-order valence-corrected chi connectivity index (χ1v) is 6.26. The van der Waals surface area contributed by atoms with Crippen molar-refractivity contribution in [1.29, 1.82) is 0 Å². The molecule has 6 heteroatoms. The summed E-state index contributed by atoms with van der Waals surface area (Å²) in [6, 6.07) is 3.99. The average molecular weight is 264 g/mol. The molecule has 1 aromatic heterocycles. The van der Waals surface area contributed by atoms with Crippen LogP contribution in [0.5, 0.6) is 0 Å². The molecule has 1 fully saturated rings. The van der Waals surface area contributed by atoms with Gasteiger partial charge in [-0.2, -0.15) is 5.10 Å². The standard InChI is InChI=1S/C13H14F2N4/c14-10-1-4-12(15)9(5-10)7-19-8-17-13(18-19)6-16-11-2-3-11/h1,4-5,8,11,16H,2-3,6-7H2. The molecule has 0 atom stereocenters. The minimum Gasteiger partial charge on any atom is -0.307 e. The Morgan fingerprint density at radius 3 is 2.95 bits per heavy atom. The number of benzene rings is 1. The fourth-order valence-corrected chi connectivity index (χ4v) is 1.85. The second-order valence-electron chi connectivity index (χ2n) is 4.75. The first-order chi connectivity index (χ1) is 9.20. The van der Waals surface area contributed by atoms with E-state index in [4.69, 9.17) is 0 Å². The third kappa shape index (κ3) is 3.14. The van der Waals surface area contributed by atoms with Crippen molar-refractivity contribution in [3.63, 3.8) is 0 Å². The molecule has 0 spiro atoms. The number of hydrogen-bond acceptors (Lipinski definition) is 3. The van der Waals surface area contributed by atoms with Crippen molar-refractivity contribution in [3.05, 3.63) is 47.5 Å². The van der Waals surface area contributed by atoms with E-state index in [0.29, 0.717) is 18.4 Å². The van der Waals surface area contributed by atoms with Crippen molar-refractivity contribution in [2.24, 2.45) is 0 Å². The van der Waals surface area contributed by atoms with Gasteiger partial charge in [-0.3, -0.25) is 0 Å². The Hall–Kier alpha value is -1.82. The molecule has 0 bridgehead atoms. The monoisotopic (exact) mass is 264 g/mol. The van der Waals surface area contributed by atoms with Gasteiger partial charge in [-0.25, -0.2) is 18.4 Å². The smallest absolute Gasteiger partial charge is 0.164 e. The summed E-state index contributed by atoms with van der Waals surface area (Å²) in [5, 5.41) is 7.53. The van der Waals surface area contributed by atoms with Crippen LogP contribution in [0, 0.1) is 11.6 Å².